The number of amides is 1. The molecule has 7 nitrogen and oxygen atoms in total. The highest BCUT2D eigenvalue weighted by molar-refractivity contribution is 7.18. The molecular formula is C17H18N2O5S. The fourth-order valence-corrected chi connectivity index (χ4v) is 2.92. The molecule has 0 N–H and O–H groups in total. The number of carbonyl (C=O) groups excluding carboxylic acids is 3. The number of hydrogen-bond donors (Lipinski definition) is 0. The van der Waals surface area contributed by atoms with Gasteiger partial charge in [-0.25, -0.2) is 14.6 Å². The third kappa shape index (κ3) is 5.68. The quantitative estimate of drug-likeness (QED) is 0.552. The van der Waals surface area contributed by atoms with Crippen LogP contribution < -0.4 is 0 Å². The number of carbonyl (C=O) groups is 3. The number of fused-ring (bicyclic) bond motifs is 1. The van der Waals surface area contributed by atoms with Gasteiger partial charge in [-0.1, -0.05) is 12.1 Å². The molecule has 2 aromatic rings. The van der Waals surface area contributed by atoms with E-state index in [-0.39, 0.29) is 12.5 Å². The molecule has 0 bridgehead atoms. The van der Waals surface area contributed by atoms with E-state index in [0.717, 1.165) is 27.4 Å². The molecule has 0 unspecified atom stereocenters. The molecule has 1 aromatic carbocycles. The smallest absolute Gasteiger partial charge is 0.331 e. The van der Waals surface area contributed by atoms with E-state index in [0.29, 0.717) is 6.54 Å². The highest BCUT2D eigenvalue weighted by Gasteiger charge is 2.14. The Balaban J connectivity index is 1.81. The monoisotopic (exact) mass is 362 g/mol. The van der Waals surface area contributed by atoms with Crippen LogP contribution in [-0.4, -0.2) is 48.0 Å². The maximum Gasteiger partial charge on any atom is 0.331 e. The van der Waals surface area contributed by atoms with Crippen LogP contribution in [-0.2, 0) is 30.4 Å². The van der Waals surface area contributed by atoms with Crippen molar-refractivity contribution in [2.24, 2.45) is 0 Å². The van der Waals surface area contributed by atoms with Crippen LogP contribution in [0.25, 0.3) is 10.2 Å². The van der Waals surface area contributed by atoms with Crippen LogP contribution in [0.1, 0.15) is 11.9 Å². The van der Waals surface area contributed by atoms with Gasteiger partial charge in [0.2, 0.25) is 0 Å². The summed E-state index contributed by atoms with van der Waals surface area (Å²) in [5.74, 6) is -1.79. The average Bonchev–Trinajstić information content (AvgIpc) is 3.00. The average molecular weight is 362 g/mol. The maximum atomic E-state index is 12.0. The highest BCUT2D eigenvalue weighted by Crippen LogP contribution is 2.22. The third-order valence-corrected chi connectivity index (χ3v) is 4.14. The maximum absolute atomic E-state index is 12.0. The fraction of sp³-hybridized carbons (Fsp3) is 0.294. The summed E-state index contributed by atoms with van der Waals surface area (Å²) in [6, 6.07) is 7.72. The summed E-state index contributed by atoms with van der Waals surface area (Å²) < 4.78 is 10.5. The molecule has 8 heteroatoms. The molecule has 132 valence electrons. The van der Waals surface area contributed by atoms with E-state index >= 15 is 0 Å². The predicted molar refractivity (Wildman–Crippen MR) is 92.8 cm³/mol. The Morgan fingerprint density at radius 3 is 2.52 bits per heavy atom. The van der Waals surface area contributed by atoms with Crippen LogP contribution in [0.3, 0.4) is 0 Å². The summed E-state index contributed by atoms with van der Waals surface area (Å²) in [5, 5.41) is 0.797. The van der Waals surface area contributed by atoms with Gasteiger partial charge in [-0.3, -0.25) is 4.79 Å². The zero-order chi connectivity index (χ0) is 18.2. The molecule has 2 rings (SSSR count). The molecule has 0 aliphatic carbocycles. The van der Waals surface area contributed by atoms with Crippen molar-refractivity contribution in [1.82, 2.24) is 9.88 Å². The minimum Gasteiger partial charge on any atom is -0.463 e. The van der Waals surface area contributed by atoms with Crippen molar-refractivity contribution >= 4 is 39.4 Å². The summed E-state index contributed by atoms with van der Waals surface area (Å²) in [6.07, 6.45) is 1.89. The van der Waals surface area contributed by atoms with Crippen molar-refractivity contribution in [3.8, 4) is 0 Å². The van der Waals surface area contributed by atoms with Gasteiger partial charge in [-0.15, -0.1) is 11.3 Å². The molecule has 0 fully saturated rings. The second-order valence-electron chi connectivity index (χ2n) is 5.02. The van der Waals surface area contributed by atoms with Gasteiger partial charge < -0.3 is 14.4 Å². The van der Waals surface area contributed by atoms with Crippen LogP contribution in [0, 0.1) is 0 Å². The molecule has 0 aliphatic rings. The third-order valence-electron chi connectivity index (χ3n) is 3.12. The van der Waals surface area contributed by atoms with E-state index in [1.54, 1.807) is 14.0 Å². The van der Waals surface area contributed by atoms with Crippen LogP contribution in [0.2, 0.25) is 0 Å². The summed E-state index contributed by atoms with van der Waals surface area (Å²) in [7, 11) is 1.61. The largest absolute Gasteiger partial charge is 0.463 e. The lowest BCUT2D eigenvalue weighted by Crippen LogP contribution is -2.30. The number of hydrogen-bond acceptors (Lipinski definition) is 7. The van der Waals surface area contributed by atoms with Gasteiger partial charge in [0.05, 0.1) is 23.4 Å². The Morgan fingerprint density at radius 1 is 1.16 bits per heavy atom. The van der Waals surface area contributed by atoms with E-state index in [4.69, 9.17) is 4.74 Å². The number of benzene rings is 1. The van der Waals surface area contributed by atoms with Crippen molar-refractivity contribution in [2.45, 2.75) is 13.5 Å². The molecule has 1 aromatic heterocycles. The Hall–Kier alpha value is -2.74. The number of esters is 2. The van der Waals surface area contributed by atoms with Crippen molar-refractivity contribution in [2.75, 3.05) is 20.3 Å². The first-order valence-corrected chi connectivity index (χ1v) is 8.41. The predicted octanol–water partition coefficient (Wildman–Crippen LogP) is 1.92. The second-order valence-corrected chi connectivity index (χ2v) is 6.13. The number of para-hydroxylation sites is 1. The minimum absolute atomic E-state index is 0.216. The molecular weight excluding hydrogens is 344 g/mol. The SMILES string of the molecule is CCOC(=O)/C=C/C(=O)OCC(=O)N(C)Cc1nc2ccccc2s1. The van der Waals surface area contributed by atoms with Crippen LogP contribution in [0.15, 0.2) is 36.4 Å². The Morgan fingerprint density at radius 2 is 1.84 bits per heavy atom. The summed E-state index contributed by atoms with van der Waals surface area (Å²) in [5.41, 5.74) is 0.888. The van der Waals surface area contributed by atoms with Crippen LogP contribution >= 0.6 is 11.3 Å². The normalized spacial score (nSPS) is 10.8. The molecule has 0 saturated heterocycles. The summed E-state index contributed by atoms with van der Waals surface area (Å²) >= 11 is 1.51. The number of likely N-dealkylation sites (N-methyl/N-ethyl adjacent to an activating group) is 1. The van der Waals surface area contributed by atoms with Crippen molar-refractivity contribution in [3.63, 3.8) is 0 Å². The standard InChI is InChI=1S/C17H18N2O5S/c1-3-23-16(21)8-9-17(22)24-11-15(20)19(2)10-14-18-12-6-4-5-7-13(12)25-14/h4-9H,3,10-11H2,1-2H3/b9-8+. The van der Waals surface area contributed by atoms with Gasteiger partial charge >= 0.3 is 11.9 Å². The molecule has 0 saturated carbocycles. The molecule has 0 atom stereocenters. The van der Waals surface area contributed by atoms with E-state index in [9.17, 15) is 14.4 Å². The van der Waals surface area contributed by atoms with Crippen LogP contribution in [0.4, 0.5) is 0 Å². The molecule has 0 spiro atoms. The van der Waals surface area contributed by atoms with Gasteiger partial charge in [-0.2, -0.15) is 0 Å². The first-order chi connectivity index (χ1) is 12.0. The van der Waals surface area contributed by atoms with Gasteiger partial charge in [0.1, 0.15) is 5.01 Å². The van der Waals surface area contributed by atoms with Gasteiger partial charge in [0.25, 0.3) is 5.91 Å². The van der Waals surface area contributed by atoms with Crippen LogP contribution in [0.5, 0.6) is 0 Å². The number of rotatable bonds is 7. The molecule has 0 radical (unpaired) electrons. The molecule has 25 heavy (non-hydrogen) atoms. The molecule has 1 amide bonds. The lowest BCUT2D eigenvalue weighted by Gasteiger charge is -2.15. The van der Waals surface area contributed by atoms with Gasteiger partial charge in [-0.05, 0) is 19.1 Å². The fourth-order valence-electron chi connectivity index (χ4n) is 1.90. The highest BCUT2D eigenvalue weighted by atomic mass is 32.1. The van der Waals surface area contributed by atoms with Gasteiger partial charge in [0.15, 0.2) is 6.61 Å². The number of ether oxygens (including phenoxy) is 2. The second kappa shape index (κ2) is 8.93. The first kappa shape index (κ1) is 18.6. The van der Waals surface area contributed by atoms with Crippen molar-refractivity contribution in [3.05, 3.63) is 41.4 Å². The van der Waals surface area contributed by atoms with E-state index in [1.165, 1.54) is 16.2 Å². The molecule has 0 aliphatic heterocycles. The van der Waals surface area contributed by atoms with Crippen molar-refractivity contribution < 1.29 is 23.9 Å². The number of nitrogens with zero attached hydrogens (tertiary/aromatic N) is 2. The van der Waals surface area contributed by atoms with Gasteiger partial charge in [0, 0.05) is 19.2 Å². The Bertz CT molecular complexity index is 766. The Kier molecular flexibility index (Phi) is 6.64. The zero-order valence-electron chi connectivity index (χ0n) is 13.9. The Labute approximate surface area is 148 Å². The van der Waals surface area contributed by atoms with E-state index in [1.807, 2.05) is 24.3 Å². The topological polar surface area (TPSA) is 85.8 Å². The summed E-state index contributed by atoms with van der Waals surface area (Å²) in [6.45, 7) is 1.79. The van der Waals surface area contributed by atoms with E-state index < -0.39 is 18.5 Å². The summed E-state index contributed by atoms with van der Waals surface area (Å²) in [4.78, 5) is 40.4. The number of thiazole rings is 1. The lowest BCUT2D eigenvalue weighted by atomic mass is 10.3. The van der Waals surface area contributed by atoms with E-state index in [2.05, 4.69) is 9.72 Å². The number of aromatic nitrogens is 1. The minimum atomic E-state index is -0.783. The zero-order valence-corrected chi connectivity index (χ0v) is 14.7. The molecule has 1 heterocycles. The first-order valence-electron chi connectivity index (χ1n) is 7.59. The van der Waals surface area contributed by atoms with Crippen molar-refractivity contribution in [1.29, 1.82) is 0 Å². The lowest BCUT2D eigenvalue weighted by molar-refractivity contribution is -0.148.